The van der Waals surface area contributed by atoms with Crippen molar-refractivity contribution in [3.05, 3.63) is 17.8 Å². The van der Waals surface area contributed by atoms with Gasteiger partial charge in [-0.15, -0.1) is 5.10 Å². The van der Waals surface area contributed by atoms with E-state index in [0.29, 0.717) is 5.82 Å². The van der Waals surface area contributed by atoms with Gasteiger partial charge in [0.05, 0.1) is 6.20 Å². The van der Waals surface area contributed by atoms with Gasteiger partial charge in [-0.1, -0.05) is 0 Å². The number of nitrogens with zero attached hydrogens (tertiary/aromatic N) is 4. The zero-order valence-corrected chi connectivity index (χ0v) is 12.2. The van der Waals surface area contributed by atoms with Gasteiger partial charge in [0.25, 0.3) is 0 Å². The Morgan fingerprint density at radius 3 is 2.62 bits per heavy atom. The summed E-state index contributed by atoms with van der Waals surface area (Å²) in [6.45, 7) is 5.43. The van der Waals surface area contributed by atoms with Crippen molar-refractivity contribution in [3.63, 3.8) is 0 Å². The number of piperidine rings is 1. The predicted octanol–water partition coefficient (Wildman–Crippen LogP) is 1.49. The molecule has 6 heteroatoms. The van der Waals surface area contributed by atoms with Crippen LogP contribution in [0.1, 0.15) is 36.0 Å². The van der Waals surface area contributed by atoms with Gasteiger partial charge in [0.15, 0.2) is 5.82 Å². The number of aromatic carboxylic acids is 1. The van der Waals surface area contributed by atoms with Crippen LogP contribution >= 0.6 is 0 Å². The molecule has 0 radical (unpaired) electrons. The molecule has 0 amide bonds. The number of aromatic nitrogens is 2. The van der Waals surface area contributed by atoms with Crippen molar-refractivity contribution in [1.29, 1.82) is 0 Å². The quantitative estimate of drug-likeness (QED) is 0.906. The molecule has 2 aliphatic heterocycles. The van der Waals surface area contributed by atoms with E-state index < -0.39 is 5.97 Å². The van der Waals surface area contributed by atoms with E-state index in [0.717, 1.165) is 31.8 Å². The first-order chi connectivity index (χ1) is 10.2. The fourth-order valence-corrected chi connectivity index (χ4v) is 3.38. The molecule has 0 atom stereocenters. The number of rotatable bonds is 4. The Balaban J connectivity index is 1.59. The molecule has 6 nitrogen and oxygen atoms in total. The summed E-state index contributed by atoms with van der Waals surface area (Å²) < 4.78 is 0. The zero-order valence-electron chi connectivity index (χ0n) is 12.2. The van der Waals surface area contributed by atoms with E-state index in [2.05, 4.69) is 20.0 Å². The maximum atomic E-state index is 11.3. The van der Waals surface area contributed by atoms with Crippen LogP contribution < -0.4 is 4.90 Å². The lowest BCUT2D eigenvalue weighted by Gasteiger charge is -2.34. The van der Waals surface area contributed by atoms with Crippen molar-refractivity contribution in [3.8, 4) is 0 Å². The molecule has 0 aromatic carbocycles. The first kappa shape index (κ1) is 14.3. The van der Waals surface area contributed by atoms with Crippen molar-refractivity contribution in [2.45, 2.75) is 25.7 Å². The number of carboxylic acids is 1. The minimum atomic E-state index is -0.931. The van der Waals surface area contributed by atoms with E-state index in [4.69, 9.17) is 0 Å². The molecule has 2 saturated heterocycles. The number of hydrogen-bond donors (Lipinski definition) is 1. The topological polar surface area (TPSA) is 69.6 Å². The minimum Gasteiger partial charge on any atom is -0.478 e. The Kier molecular flexibility index (Phi) is 4.34. The van der Waals surface area contributed by atoms with Crippen LogP contribution in [0.4, 0.5) is 5.82 Å². The average molecular weight is 290 g/mol. The summed E-state index contributed by atoms with van der Waals surface area (Å²) in [5.41, 5.74) is 0.253. The predicted molar refractivity (Wildman–Crippen MR) is 79.6 cm³/mol. The monoisotopic (exact) mass is 290 g/mol. The van der Waals surface area contributed by atoms with Crippen LogP contribution in [-0.4, -0.2) is 58.9 Å². The number of hydrogen-bond acceptors (Lipinski definition) is 5. The summed E-state index contributed by atoms with van der Waals surface area (Å²) >= 11 is 0. The maximum absolute atomic E-state index is 11.3. The van der Waals surface area contributed by atoms with E-state index >= 15 is 0 Å². The Labute approximate surface area is 124 Å². The number of carbonyl (C=O) groups is 1. The molecule has 3 heterocycles. The Morgan fingerprint density at radius 2 is 1.95 bits per heavy atom. The summed E-state index contributed by atoms with van der Waals surface area (Å²) in [6.07, 6.45) is 6.31. The molecule has 1 N–H and O–H groups in total. The van der Waals surface area contributed by atoms with Crippen molar-refractivity contribution < 1.29 is 9.90 Å². The highest BCUT2D eigenvalue weighted by Gasteiger charge is 2.25. The summed E-state index contributed by atoms with van der Waals surface area (Å²) in [5.74, 6) is 0.313. The number of carboxylic acid groups (broad SMARTS) is 1. The number of anilines is 1. The maximum Gasteiger partial charge on any atom is 0.339 e. The molecular formula is C15H22N4O2. The highest BCUT2D eigenvalue weighted by molar-refractivity contribution is 5.93. The van der Waals surface area contributed by atoms with E-state index in [1.807, 2.05) is 0 Å². The van der Waals surface area contributed by atoms with E-state index in [-0.39, 0.29) is 5.56 Å². The molecule has 114 valence electrons. The van der Waals surface area contributed by atoms with Crippen LogP contribution in [-0.2, 0) is 0 Å². The van der Waals surface area contributed by atoms with Gasteiger partial charge in [-0.25, -0.2) is 4.79 Å². The van der Waals surface area contributed by atoms with Gasteiger partial charge < -0.3 is 14.9 Å². The van der Waals surface area contributed by atoms with Crippen LogP contribution in [0, 0.1) is 5.92 Å². The molecule has 0 saturated carbocycles. The van der Waals surface area contributed by atoms with E-state index in [1.165, 1.54) is 44.7 Å². The third kappa shape index (κ3) is 3.32. The fourth-order valence-electron chi connectivity index (χ4n) is 3.38. The van der Waals surface area contributed by atoms with E-state index in [9.17, 15) is 9.90 Å². The zero-order chi connectivity index (χ0) is 14.7. The molecule has 0 aliphatic carbocycles. The van der Waals surface area contributed by atoms with Crippen LogP contribution in [0.25, 0.3) is 0 Å². The summed E-state index contributed by atoms with van der Waals surface area (Å²) in [7, 11) is 0. The molecule has 2 fully saturated rings. The Morgan fingerprint density at radius 1 is 1.24 bits per heavy atom. The highest BCUT2D eigenvalue weighted by Crippen LogP contribution is 2.25. The fraction of sp³-hybridized carbons (Fsp3) is 0.667. The molecule has 1 aromatic rings. The van der Waals surface area contributed by atoms with Crippen LogP contribution in [0.3, 0.4) is 0 Å². The van der Waals surface area contributed by atoms with Crippen LogP contribution in [0.5, 0.6) is 0 Å². The Bertz CT molecular complexity index is 494. The van der Waals surface area contributed by atoms with Gasteiger partial charge in [-0.3, -0.25) is 0 Å². The van der Waals surface area contributed by atoms with Gasteiger partial charge >= 0.3 is 5.97 Å². The smallest absolute Gasteiger partial charge is 0.339 e. The summed E-state index contributed by atoms with van der Waals surface area (Å²) in [4.78, 5) is 15.9. The molecular weight excluding hydrogens is 268 g/mol. The minimum absolute atomic E-state index is 0.253. The molecule has 0 unspecified atom stereocenters. The second kappa shape index (κ2) is 6.39. The lowest BCUT2D eigenvalue weighted by atomic mass is 9.96. The van der Waals surface area contributed by atoms with Gasteiger partial charge in [0.1, 0.15) is 5.56 Å². The highest BCUT2D eigenvalue weighted by atomic mass is 16.4. The van der Waals surface area contributed by atoms with Crippen molar-refractivity contribution in [1.82, 2.24) is 15.1 Å². The van der Waals surface area contributed by atoms with Crippen molar-refractivity contribution >= 4 is 11.8 Å². The van der Waals surface area contributed by atoms with Crippen LogP contribution in [0.2, 0.25) is 0 Å². The molecule has 3 rings (SSSR count). The van der Waals surface area contributed by atoms with Crippen molar-refractivity contribution in [2.24, 2.45) is 5.92 Å². The summed E-state index contributed by atoms with van der Waals surface area (Å²) in [5, 5.41) is 17.1. The van der Waals surface area contributed by atoms with Gasteiger partial charge in [0, 0.05) is 19.6 Å². The SMILES string of the molecule is O=C(O)c1ccnnc1N1CCC(CN2CCCC2)CC1. The largest absolute Gasteiger partial charge is 0.478 e. The first-order valence-electron chi connectivity index (χ1n) is 7.76. The van der Waals surface area contributed by atoms with Crippen LogP contribution in [0.15, 0.2) is 12.3 Å². The standard InChI is InChI=1S/C15H22N4O2/c20-15(21)13-3-6-16-17-14(13)19-9-4-12(5-10-19)11-18-7-1-2-8-18/h3,6,12H,1-2,4-5,7-11H2,(H,20,21). The second-order valence-electron chi connectivity index (χ2n) is 6.01. The molecule has 21 heavy (non-hydrogen) atoms. The molecule has 2 aliphatic rings. The van der Waals surface area contributed by atoms with Crippen molar-refractivity contribution in [2.75, 3.05) is 37.6 Å². The average Bonchev–Trinajstić information content (AvgIpc) is 3.01. The first-order valence-corrected chi connectivity index (χ1v) is 7.76. The lowest BCUT2D eigenvalue weighted by Crippen LogP contribution is -2.39. The third-order valence-electron chi connectivity index (χ3n) is 4.56. The molecule has 0 bridgehead atoms. The Hall–Kier alpha value is -1.69. The van der Waals surface area contributed by atoms with Gasteiger partial charge in [-0.2, -0.15) is 5.10 Å². The third-order valence-corrected chi connectivity index (χ3v) is 4.56. The normalized spacial score (nSPS) is 20.9. The second-order valence-corrected chi connectivity index (χ2v) is 6.01. The number of likely N-dealkylation sites (tertiary alicyclic amines) is 1. The van der Waals surface area contributed by atoms with Gasteiger partial charge in [-0.05, 0) is 50.8 Å². The van der Waals surface area contributed by atoms with E-state index in [1.54, 1.807) is 0 Å². The molecule has 0 spiro atoms. The molecule has 1 aromatic heterocycles. The van der Waals surface area contributed by atoms with Gasteiger partial charge in [0.2, 0.25) is 0 Å². The lowest BCUT2D eigenvalue weighted by molar-refractivity contribution is 0.0696. The summed E-state index contributed by atoms with van der Waals surface area (Å²) in [6, 6.07) is 1.53.